The number of nitrogens with zero attached hydrogens (tertiary/aromatic N) is 2. The fourth-order valence-electron chi connectivity index (χ4n) is 9.56. The van der Waals surface area contributed by atoms with Crippen molar-refractivity contribution in [3.63, 3.8) is 0 Å². The van der Waals surface area contributed by atoms with Crippen molar-refractivity contribution in [1.82, 2.24) is 9.55 Å². The van der Waals surface area contributed by atoms with Crippen LogP contribution < -0.4 is 0 Å². The summed E-state index contributed by atoms with van der Waals surface area (Å²) in [7, 11) is 0. The zero-order valence-corrected chi connectivity index (χ0v) is 28.4. The molecule has 11 rings (SSSR count). The van der Waals surface area contributed by atoms with Crippen LogP contribution in [0.2, 0.25) is 0 Å². The van der Waals surface area contributed by atoms with Gasteiger partial charge in [-0.25, -0.2) is 4.98 Å². The summed E-state index contributed by atoms with van der Waals surface area (Å²) in [6, 6.07) is 61.1. The zero-order valence-electron chi connectivity index (χ0n) is 28.4. The van der Waals surface area contributed by atoms with Crippen molar-refractivity contribution in [3.8, 4) is 39.1 Å². The van der Waals surface area contributed by atoms with Crippen LogP contribution in [0, 0.1) is 0 Å². The molecule has 0 amide bonds. The first-order chi connectivity index (χ1) is 25.3. The van der Waals surface area contributed by atoms with Crippen LogP contribution in [-0.2, 0) is 11.8 Å². The van der Waals surface area contributed by atoms with Crippen molar-refractivity contribution < 1.29 is 0 Å². The Morgan fingerprint density at radius 2 is 1.18 bits per heavy atom. The van der Waals surface area contributed by atoms with Crippen LogP contribution in [0.15, 0.2) is 164 Å². The number of hydrogen-bond acceptors (Lipinski definition) is 1. The third kappa shape index (κ3) is 3.74. The van der Waals surface area contributed by atoms with E-state index in [0.29, 0.717) is 0 Å². The van der Waals surface area contributed by atoms with E-state index in [4.69, 9.17) is 4.98 Å². The van der Waals surface area contributed by atoms with Crippen molar-refractivity contribution in [3.05, 3.63) is 192 Å². The topological polar surface area (TPSA) is 17.8 Å². The standard InChI is InChI=1S/C49H34N2/c1-2-14-46-50-44-25-11-12-26-45(44)51(46)33-17-13-16-32(29-33)39-30-43-48(38-22-6-5-19-35(38)39)47-34-18-4-3-15-31(34)27-28-42(47)49(43)40-23-9-7-20-36(40)37-21-8-10-24-41(37)49/h3-13,15-30H,2,14H2,1H3. The van der Waals surface area contributed by atoms with Gasteiger partial charge in [0, 0.05) is 12.1 Å². The molecule has 0 saturated heterocycles. The predicted molar refractivity (Wildman–Crippen MR) is 212 cm³/mol. The maximum atomic E-state index is 5.08. The Labute approximate surface area is 297 Å². The molecule has 2 heteroatoms. The molecule has 2 aliphatic rings. The second-order valence-corrected chi connectivity index (χ2v) is 14.1. The molecule has 0 fully saturated rings. The highest BCUT2D eigenvalue weighted by Gasteiger charge is 2.52. The lowest BCUT2D eigenvalue weighted by molar-refractivity contribution is 0.795. The Morgan fingerprint density at radius 1 is 0.510 bits per heavy atom. The molecule has 240 valence electrons. The van der Waals surface area contributed by atoms with E-state index >= 15 is 0 Å². The number of aromatic nitrogens is 2. The lowest BCUT2D eigenvalue weighted by atomic mass is 9.70. The summed E-state index contributed by atoms with van der Waals surface area (Å²) in [5, 5.41) is 5.15. The van der Waals surface area contributed by atoms with Gasteiger partial charge in [-0.05, 0) is 114 Å². The molecule has 0 bridgehead atoms. The van der Waals surface area contributed by atoms with Crippen LogP contribution in [-0.4, -0.2) is 9.55 Å². The number of para-hydroxylation sites is 2. The van der Waals surface area contributed by atoms with E-state index in [0.717, 1.165) is 35.4 Å². The van der Waals surface area contributed by atoms with E-state index in [9.17, 15) is 0 Å². The second-order valence-electron chi connectivity index (χ2n) is 14.1. The van der Waals surface area contributed by atoms with Gasteiger partial charge in [-0.1, -0.05) is 140 Å². The molecular weight excluding hydrogens is 617 g/mol. The van der Waals surface area contributed by atoms with Crippen LogP contribution in [0.1, 0.15) is 41.4 Å². The summed E-state index contributed by atoms with van der Waals surface area (Å²) in [5.41, 5.74) is 16.2. The lowest BCUT2D eigenvalue weighted by Gasteiger charge is -2.31. The molecule has 0 N–H and O–H groups in total. The first-order valence-corrected chi connectivity index (χ1v) is 18.1. The minimum Gasteiger partial charge on any atom is -0.296 e. The third-order valence-electron chi connectivity index (χ3n) is 11.5. The molecule has 2 aliphatic carbocycles. The Morgan fingerprint density at radius 3 is 1.98 bits per heavy atom. The van der Waals surface area contributed by atoms with Crippen molar-refractivity contribution in [2.24, 2.45) is 0 Å². The van der Waals surface area contributed by atoms with E-state index in [1.807, 2.05) is 0 Å². The van der Waals surface area contributed by atoms with Gasteiger partial charge in [0.15, 0.2) is 0 Å². The van der Waals surface area contributed by atoms with Crippen molar-refractivity contribution in [2.75, 3.05) is 0 Å². The minimum atomic E-state index is -0.437. The summed E-state index contributed by atoms with van der Waals surface area (Å²) in [4.78, 5) is 5.08. The normalized spacial score (nSPS) is 13.5. The molecule has 8 aromatic carbocycles. The van der Waals surface area contributed by atoms with Crippen LogP contribution in [0.3, 0.4) is 0 Å². The molecule has 1 aromatic heterocycles. The highest BCUT2D eigenvalue weighted by molar-refractivity contribution is 6.16. The minimum absolute atomic E-state index is 0.437. The first-order valence-electron chi connectivity index (χ1n) is 18.1. The number of aryl methyl sites for hydroxylation is 1. The van der Waals surface area contributed by atoms with E-state index in [2.05, 4.69) is 175 Å². The summed E-state index contributed by atoms with van der Waals surface area (Å²) in [6.07, 6.45) is 1.97. The average molecular weight is 651 g/mol. The molecule has 0 atom stereocenters. The molecule has 1 heterocycles. The molecule has 9 aromatic rings. The lowest BCUT2D eigenvalue weighted by Crippen LogP contribution is -2.26. The number of fused-ring (bicyclic) bond motifs is 15. The van der Waals surface area contributed by atoms with Gasteiger partial charge in [0.05, 0.1) is 16.4 Å². The highest BCUT2D eigenvalue weighted by atomic mass is 15.1. The Balaban J connectivity index is 1.26. The molecule has 0 saturated carbocycles. The summed E-state index contributed by atoms with van der Waals surface area (Å²) < 4.78 is 2.37. The molecule has 0 aliphatic heterocycles. The molecular formula is C49H34N2. The molecule has 0 radical (unpaired) electrons. The zero-order chi connectivity index (χ0) is 33.7. The number of benzene rings is 8. The summed E-state index contributed by atoms with van der Waals surface area (Å²) >= 11 is 0. The SMILES string of the molecule is CCCc1nc2ccccc2n1-c1cccc(-c2cc3c(c4ccccc24)-c2c(ccc4ccccc24)C32c3ccccc3-c3ccccc32)c1. The van der Waals surface area contributed by atoms with E-state index in [1.165, 1.54) is 77.2 Å². The van der Waals surface area contributed by atoms with Crippen molar-refractivity contribution in [1.29, 1.82) is 0 Å². The number of imidazole rings is 1. The fourth-order valence-corrected chi connectivity index (χ4v) is 9.56. The smallest absolute Gasteiger partial charge is 0.114 e. The maximum absolute atomic E-state index is 5.08. The van der Waals surface area contributed by atoms with E-state index < -0.39 is 5.41 Å². The Bertz CT molecular complexity index is 2840. The van der Waals surface area contributed by atoms with Gasteiger partial charge in [0.1, 0.15) is 5.82 Å². The third-order valence-corrected chi connectivity index (χ3v) is 11.5. The molecule has 0 unspecified atom stereocenters. The number of hydrogen-bond donors (Lipinski definition) is 0. The largest absolute Gasteiger partial charge is 0.296 e. The quantitative estimate of drug-likeness (QED) is 0.185. The van der Waals surface area contributed by atoms with Crippen molar-refractivity contribution >= 4 is 32.6 Å². The first kappa shape index (κ1) is 28.6. The Hall–Kier alpha value is -6.25. The fraction of sp³-hybridized carbons (Fsp3) is 0.0816. The van der Waals surface area contributed by atoms with Gasteiger partial charge < -0.3 is 0 Å². The summed E-state index contributed by atoms with van der Waals surface area (Å²) in [5.74, 6) is 1.11. The van der Waals surface area contributed by atoms with Crippen LogP contribution in [0.4, 0.5) is 0 Å². The van der Waals surface area contributed by atoms with Gasteiger partial charge in [0.25, 0.3) is 0 Å². The maximum Gasteiger partial charge on any atom is 0.114 e. The monoisotopic (exact) mass is 650 g/mol. The van der Waals surface area contributed by atoms with Gasteiger partial charge in [-0.2, -0.15) is 0 Å². The average Bonchev–Trinajstić information content (AvgIpc) is 3.82. The van der Waals surface area contributed by atoms with Gasteiger partial charge in [-0.15, -0.1) is 0 Å². The number of rotatable bonds is 4. The second kappa shape index (κ2) is 10.6. The molecule has 51 heavy (non-hydrogen) atoms. The highest BCUT2D eigenvalue weighted by Crippen LogP contribution is 2.65. The van der Waals surface area contributed by atoms with Crippen molar-refractivity contribution in [2.45, 2.75) is 25.2 Å². The molecule has 1 spiro atoms. The predicted octanol–water partition coefficient (Wildman–Crippen LogP) is 12.3. The van der Waals surface area contributed by atoms with Crippen LogP contribution >= 0.6 is 0 Å². The summed E-state index contributed by atoms with van der Waals surface area (Å²) in [6.45, 7) is 2.23. The van der Waals surface area contributed by atoms with Crippen LogP contribution in [0.5, 0.6) is 0 Å². The van der Waals surface area contributed by atoms with Gasteiger partial charge in [-0.3, -0.25) is 4.57 Å². The van der Waals surface area contributed by atoms with Gasteiger partial charge in [0.2, 0.25) is 0 Å². The van der Waals surface area contributed by atoms with Gasteiger partial charge >= 0.3 is 0 Å². The van der Waals surface area contributed by atoms with E-state index in [1.54, 1.807) is 0 Å². The Kier molecular flexibility index (Phi) is 5.95. The molecule has 2 nitrogen and oxygen atoms in total. The van der Waals surface area contributed by atoms with Crippen LogP contribution in [0.25, 0.3) is 71.6 Å². The van der Waals surface area contributed by atoms with E-state index in [-0.39, 0.29) is 0 Å².